The molecule has 0 atom stereocenters. The molecule has 0 aliphatic heterocycles. The molecule has 1 aromatic rings. The second kappa shape index (κ2) is 9.95. The maximum absolute atomic E-state index is 12.1. The van der Waals surface area contributed by atoms with E-state index in [2.05, 4.69) is 29.0 Å². The van der Waals surface area contributed by atoms with Gasteiger partial charge in [-0.25, -0.2) is 0 Å². The van der Waals surface area contributed by atoms with Crippen LogP contribution < -0.4 is 0 Å². The molecule has 0 unspecified atom stereocenters. The number of hydrogen-bond donors (Lipinski definition) is 1. The van der Waals surface area contributed by atoms with Gasteiger partial charge in [0.25, 0.3) is 0 Å². The monoisotopic (exact) mass is 307 g/mol. The van der Waals surface area contributed by atoms with E-state index in [0.29, 0.717) is 6.42 Å². The number of carbonyl (C=O) groups excluding carboxylic acids is 2. The lowest BCUT2D eigenvalue weighted by molar-refractivity contribution is -0.141. The molecule has 0 fully saturated rings. The highest BCUT2D eigenvalue weighted by Crippen LogP contribution is 2.08. The molecule has 0 spiro atoms. The predicted molar refractivity (Wildman–Crippen MR) is 84.4 cm³/mol. The van der Waals surface area contributed by atoms with Crippen molar-refractivity contribution in [2.75, 3.05) is 26.8 Å². The summed E-state index contributed by atoms with van der Waals surface area (Å²) in [6, 6.07) is 8.27. The normalized spacial score (nSPS) is 10.3. The quantitative estimate of drug-likeness (QED) is 0.705. The third-order valence-corrected chi connectivity index (χ3v) is 3.51. The van der Waals surface area contributed by atoms with Gasteiger partial charge in [-0.3, -0.25) is 9.59 Å². The summed E-state index contributed by atoms with van der Waals surface area (Å²) in [6.45, 7) is 2.48. The zero-order valence-electron chi connectivity index (χ0n) is 13.4. The Labute approximate surface area is 131 Å². The fourth-order valence-electron chi connectivity index (χ4n) is 2.17. The summed E-state index contributed by atoms with van der Waals surface area (Å²) in [5.41, 5.74) is 2.43. The predicted octanol–water partition coefficient (Wildman–Crippen LogP) is 1.70. The summed E-state index contributed by atoms with van der Waals surface area (Å²) < 4.78 is 4.57. The molecule has 1 N–H and O–H groups in total. The smallest absolute Gasteiger partial charge is 0.307 e. The number of aryl methyl sites for hydroxylation is 2. The van der Waals surface area contributed by atoms with Gasteiger partial charge in [0.1, 0.15) is 0 Å². The molecule has 0 heterocycles. The Morgan fingerprint density at radius 3 is 2.41 bits per heavy atom. The molecule has 0 aliphatic rings. The summed E-state index contributed by atoms with van der Waals surface area (Å²) in [6.07, 6.45) is 2.16. The standard InChI is InChI=1S/C17H25NO4/c1-14-6-8-15(9-7-14)4-3-5-16(20)18(12-13-19)11-10-17(21)22-2/h6-9,19H,3-5,10-13H2,1-2H3. The van der Waals surface area contributed by atoms with Crippen molar-refractivity contribution in [1.29, 1.82) is 0 Å². The molecule has 0 radical (unpaired) electrons. The maximum atomic E-state index is 12.1. The van der Waals surface area contributed by atoms with Gasteiger partial charge < -0.3 is 14.7 Å². The lowest BCUT2D eigenvalue weighted by Crippen LogP contribution is -2.35. The molecule has 0 bridgehead atoms. The summed E-state index contributed by atoms with van der Waals surface area (Å²) in [7, 11) is 1.32. The zero-order chi connectivity index (χ0) is 16.4. The van der Waals surface area contributed by atoms with Gasteiger partial charge >= 0.3 is 5.97 Å². The molecule has 0 aromatic heterocycles. The number of aliphatic hydroxyl groups is 1. The fourth-order valence-corrected chi connectivity index (χ4v) is 2.17. The minimum atomic E-state index is -0.351. The number of amides is 1. The van der Waals surface area contributed by atoms with E-state index in [1.54, 1.807) is 0 Å². The highest BCUT2D eigenvalue weighted by molar-refractivity contribution is 5.77. The lowest BCUT2D eigenvalue weighted by Gasteiger charge is -2.21. The van der Waals surface area contributed by atoms with Crippen LogP contribution in [0.15, 0.2) is 24.3 Å². The molecule has 122 valence electrons. The molecule has 5 heteroatoms. The summed E-state index contributed by atoms with van der Waals surface area (Å²) in [4.78, 5) is 24.8. The molecule has 1 aromatic carbocycles. The molecule has 1 rings (SSSR count). The van der Waals surface area contributed by atoms with Gasteiger partial charge in [-0.05, 0) is 25.3 Å². The third-order valence-electron chi connectivity index (χ3n) is 3.51. The van der Waals surface area contributed by atoms with E-state index in [-0.39, 0.29) is 38.0 Å². The maximum Gasteiger partial charge on any atom is 0.307 e. The van der Waals surface area contributed by atoms with Gasteiger partial charge in [0.2, 0.25) is 5.91 Å². The molecular formula is C17H25NO4. The highest BCUT2D eigenvalue weighted by Gasteiger charge is 2.14. The van der Waals surface area contributed by atoms with Crippen molar-refractivity contribution >= 4 is 11.9 Å². The third kappa shape index (κ3) is 6.72. The molecule has 0 saturated carbocycles. The number of hydrogen-bond acceptors (Lipinski definition) is 4. The minimum absolute atomic E-state index is 0.0370. The van der Waals surface area contributed by atoms with Crippen molar-refractivity contribution in [3.8, 4) is 0 Å². The number of nitrogens with zero attached hydrogens (tertiary/aromatic N) is 1. The number of benzene rings is 1. The minimum Gasteiger partial charge on any atom is -0.469 e. The second-order valence-corrected chi connectivity index (χ2v) is 5.27. The Balaban J connectivity index is 2.38. The average molecular weight is 307 g/mol. The fraction of sp³-hybridized carbons (Fsp3) is 0.529. The van der Waals surface area contributed by atoms with Crippen LogP contribution in [0.5, 0.6) is 0 Å². The van der Waals surface area contributed by atoms with Crippen molar-refractivity contribution in [3.05, 3.63) is 35.4 Å². The first-order valence-electron chi connectivity index (χ1n) is 7.57. The molecule has 0 aliphatic carbocycles. The molecule has 0 saturated heterocycles. The Morgan fingerprint density at radius 1 is 1.14 bits per heavy atom. The first-order chi connectivity index (χ1) is 10.6. The number of ether oxygens (including phenoxy) is 1. The van der Waals surface area contributed by atoms with Gasteiger partial charge in [0, 0.05) is 19.5 Å². The number of rotatable bonds is 9. The van der Waals surface area contributed by atoms with E-state index in [0.717, 1.165) is 12.8 Å². The molecule has 5 nitrogen and oxygen atoms in total. The Kier molecular flexibility index (Phi) is 8.22. The summed E-state index contributed by atoms with van der Waals surface area (Å²) >= 11 is 0. The Bertz CT molecular complexity index is 470. The van der Waals surface area contributed by atoms with Crippen LogP contribution in [0.4, 0.5) is 0 Å². The van der Waals surface area contributed by atoms with Crippen LogP contribution in [0.3, 0.4) is 0 Å². The van der Waals surface area contributed by atoms with Crippen LogP contribution in [0.2, 0.25) is 0 Å². The van der Waals surface area contributed by atoms with Gasteiger partial charge in [-0.2, -0.15) is 0 Å². The van der Waals surface area contributed by atoms with Crippen LogP contribution >= 0.6 is 0 Å². The molecular weight excluding hydrogens is 282 g/mol. The first kappa shape index (κ1) is 18.2. The van der Waals surface area contributed by atoms with Crippen molar-refractivity contribution < 1.29 is 19.4 Å². The van der Waals surface area contributed by atoms with Crippen LogP contribution in [0.25, 0.3) is 0 Å². The van der Waals surface area contributed by atoms with Crippen molar-refractivity contribution in [2.24, 2.45) is 0 Å². The van der Waals surface area contributed by atoms with Crippen molar-refractivity contribution in [2.45, 2.75) is 32.6 Å². The number of esters is 1. The largest absolute Gasteiger partial charge is 0.469 e. The lowest BCUT2D eigenvalue weighted by atomic mass is 10.1. The topological polar surface area (TPSA) is 66.8 Å². The van der Waals surface area contributed by atoms with Crippen molar-refractivity contribution in [1.82, 2.24) is 4.90 Å². The van der Waals surface area contributed by atoms with E-state index >= 15 is 0 Å². The SMILES string of the molecule is COC(=O)CCN(CCO)C(=O)CCCc1ccc(C)cc1. The summed E-state index contributed by atoms with van der Waals surface area (Å²) in [5, 5.41) is 9.03. The van der Waals surface area contributed by atoms with E-state index in [4.69, 9.17) is 5.11 Å². The molecule has 1 amide bonds. The number of methoxy groups -OCH3 is 1. The van der Waals surface area contributed by atoms with Gasteiger partial charge in [-0.15, -0.1) is 0 Å². The number of aliphatic hydroxyl groups excluding tert-OH is 1. The highest BCUT2D eigenvalue weighted by atomic mass is 16.5. The van der Waals surface area contributed by atoms with Gasteiger partial charge in [0.15, 0.2) is 0 Å². The Morgan fingerprint density at radius 2 is 1.82 bits per heavy atom. The van der Waals surface area contributed by atoms with Crippen LogP contribution in [-0.4, -0.2) is 48.7 Å². The van der Waals surface area contributed by atoms with Crippen molar-refractivity contribution in [3.63, 3.8) is 0 Å². The van der Waals surface area contributed by atoms with Crippen LogP contribution in [-0.2, 0) is 20.7 Å². The van der Waals surface area contributed by atoms with Gasteiger partial charge in [0.05, 0.1) is 20.1 Å². The second-order valence-electron chi connectivity index (χ2n) is 5.27. The van der Waals surface area contributed by atoms with Gasteiger partial charge in [-0.1, -0.05) is 29.8 Å². The van der Waals surface area contributed by atoms with E-state index in [1.807, 2.05) is 6.92 Å². The van der Waals surface area contributed by atoms with E-state index < -0.39 is 0 Å². The average Bonchev–Trinajstić information content (AvgIpc) is 2.52. The zero-order valence-corrected chi connectivity index (χ0v) is 13.4. The van der Waals surface area contributed by atoms with E-state index in [9.17, 15) is 9.59 Å². The first-order valence-corrected chi connectivity index (χ1v) is 7.57. The number of carbonyl (C=O) groups is 2. The summed E-state index contributed by atoms with van der Waals surface area (Å²) in [5.74, 6) is -0.388. The van der Waals surface area contributed by atoms with E-state index in [1.165, 1.54) is 23.1 Å². The Hall–Kier alpha value is -1.88. The molecule has 22 heavy (non-hydrogen) atoms. The van der Waals surface area contributed by atoms with Crippen LogP contribution in [0.1, 0.15) is 30.4 Å². The van der Waals surface area contributed by atoms with Crippen LogP contribution in [0, 0.1) is 6.92 Å².